The summed E-state index contributed by atoms with van der Waals surface area (Å²) in [5.74, 6) is -0.249. The van der Waals surface area contributed by atoms with E-state index in [1.807, 2.05) is 18.2 Å². The molecule has 0 N–H and O–H groups in total. The molecule has 1 saturated heterocycles. The van der Waals surface area contributed by atoms with Gasteiger partial charge >= 0.3 is 6.18 Å². The molecule has 1 amide bonds. The molecule has 0 atom stereocenters. The van der Waals surface area contributed by atoms with E-state index < -0.39 is 11.7 Å². The zero-order valence-electron chi connectivity index (χ0n) is 14.4. The van der Waals surface area contributed by atoms with E-state index in [1.54, 1.807) is 4.90 Å². The lowest BCUT2D eigenvalue weighted by Crippen LogP contribution is -2.48. The first-order valence-electron chi connectivity index (χ1n) is 8.62. The minimum Gasteiger partial charge on any atom is -0.340 e. The Morgan fingerprint density at radius 1 is 0.885 bits per heavy atom. The van der Waals surface area contributed by atoms with Gasteiger partial charge in [-0.15, -0.1) is 0 Å². The van der Waals surface area contributed by atoms with Crippen LogP contribution in [0.15, 0.2) is 54.6 Å². The van der Waals surface area contributed by atoms with E-state index in [-0.39, 0.29) is 17.9 Å². The van der Waals surface area contributed by atoms with Crippen molar-refractivity contribution in [2.75, 3.05) is 26.2 Å². The fourth-order valence-electron chi connectivity index (χ4n) is 3.22. The molecule has 0 bridgehead atoms. The van der Waals surface area contributed by atoms with Crippen molar-refractivity contribution in [2.45, 2.75) is 19.1 Å². The lowest BCUT2D eigenvalue weighted by Gasteiger charge is -2.35. The van der Waals surface area contributed by atoms with Crippen molar-refractivity contribution in [2.24, 2.45) is 0 Å². The molecule has 26 heavy (non-hydrogen) atoms. The van der Waals surface area contributed by atoms with E-state index in [2.05, 4.69) is 17.0 Å². The van der Waals surface area contributed by atoms with Crippen molar-refractivity contribution in [1.29, 1.82) is 0 Å². The minimum atomic E-state index is -4.44. The summed E-state index contributed by atoms with van der Waals surface area (Å²) in [6.07, 6.45) is -4.65. The number of amides is 1. The van der Waals surface area contributed by atoms with Gasteiger partial charge in [-0.2, -0.15) is 13.2 Å². The maximum Gasteiger partial charge on any atom is 0.416 e. The van der Waals surface area contributed by atoms with E-state index >= 15 is 0 Å². The van der Waals surface area contributed by atoms with Crippen LogP contribution >= 0.6 is 0 Å². The number of nitrogens with zero attached hydrogens (tertiary/aromatic N) is 2. The molecule has 3 rings (SSSR count). The monoisotopic (exact) mass is 362 g/mol. The fourth-order valence-corrected chi connectivity index (χ4v) is 3.22. The third-order valence-corrected chi connectivity index (χ3v) is 4.64. The van der Waals surface area contributed by atoms with Crippen LogP contribution in [0.3, 0.4) is 0 Å². The molecule has 2 aromatic rings. The Bertz CT molecular complexity index is 738. The second-order valence-corrected chi connectivity index (χ2v) is 6.47. The van der Waals surface area contributed by atoms with Crippen molar-refractivity contribution in [3.63, 3.8) is 0 Å². The van der Waals surface area contributed by atoms with Crippen LogP contribution in [0.4, 0.5) is 13.2 Å². The van der Waals surface area contributed by atoms with Crippen molar-refractivity contribution in [1.82, 2.24) is 9.80 Å². The number of carbonyl (C=O) groups is 1. The van der Waals surface area contributed by atoms with Gasteiger partial charge in [0.1, 0.15) is 0 Å². The van der Waals surface area contributed by atoms with E-state index in [4.69, 9.17) is 0 Å². The van der Waals surface area contributed by atoms with Crippen molar-refractivity contribution >= 4 is 5.91 Å². The van der Waals surface area contributed by atoms with E-state index in [0.717, 1.165) is 25.7 Å². The molecule has 0 spiro atoms. The van der Waals surface area contributed by atoms with Crippen LogP contribution < -0.4 is 0 Å². The minimum absolute atomic E-state index is 0.0386. The molecule has 138 valence electrons. The maximum atomic E-state index is 13.1. The van der Waals surface area contributed by atoms with Gasteiger partial charge in [-0.1, -0.05) is 48.5 Å². The normalized spacial score (nSPS) is 15.9. The van der Waals surface area contributed by atoms with Gasteiger partial charge in [0.05, 0.1) is 12.0 Å². The molecule has 3 nitrogen and oxygen atoms in total. The molecule has 0 saturated carbocycles. The number of halogens is 3. The average molecular weight is 362 g/mol. The SMILES string of the molecule is O=C(Cc1ccccc1C(F)(F)F)N1CCN(Cc2ccccc2)CC1. The number of rotatable bonds is 4. The summed E-state index contributed by atoms with van der Waals surface area (Å²) >= 11 is 0. The zero-order chi connectivity index (χ0) is 18.6. The summed E-state index contributed by atoms with van der Waals surface area (Å²) in [6, 6.07) is 15.4. The Hall–Kier alpha value is -2.34. The highest BCUT2D eigenvalue weighted by molar-refractivity contribution is 5.79. The number of piperazine rings is 1. The quantitative estimate of drug-likeness (QED) is 0.830. The maximum absolute atomic E-state index is 13.1. The number of alkyl halides is 3. The molecular formula is C20H21F3N2O. The Balaban J connectivity index is 1.56. The molecule has 0 aromatic heterocycles. The number of benzene rings is 2. The number of carbonyl (C=O) groups excluding carboxylic acids is 1. The van der Waals surface area contributed by atoms with Gasteiger partial charge in [0.2, 0.25) is 5.91 Å². The predicted molar refractivity (Wildman–Crippen MR) is 93.4 cm³/mol. The van der Waals surface area contributed by atoms with Gasteiger partial charge in [-0.3, -0.25) is 9.69 Å². The lowest BCUT2D eigenvalue weighted by atomic mass is 10.0. The Labute approximate surface area is 151 Å². The van der Waals surface area contributed by atoms with Crippen LogP contribution in [0.1, 0.15) is 16.7 Å². The summed E-state index contributed by atoms with van der Waals surface area (Å²) in [5, 5.41) is 0. The molecule has 6 heteroatoms. The second kappa shape index (κ2) is 7.91. The molecule has 1 fully saturated rings. The summed E-state index contributed by atoms with van der Waals surface area (Å²) in [4.78, 5) is 16.4. The first-order chi connectivity index (χ1) is 12.4. The van der Waals surface area contributed by atoms with Crippen LogP contribution in [0, 0.1) is 0 Å². The largest absolute Gasteiger partial charge is 0.416 e. The molecule has 0 radical (unpaired) electrons. The summed E-state index contributed by atoms with van der Waals surface area (Å²) in [6.45, 7) is 3.35. The van der Waals surface area contributed by atoms with Crippen molar-refractivity contribution in [3.8, 4) is 0 Å². The lowest BCUT2D eigenvalue weighted by molar-refractivity contribution is -0.138. The van der Waals surface area contributed by atoms with Gasteiger partial charge in [0, 0.05) is 32.7 Å². The third-order valence-electron chi connectivity index (χ3n) is 4.64. The summed E-state index contributed by atoms with van der Waals surface area (Å²) in [5.41, 5.74) is 0.527. The molecule has 0 unspecified atom stereocenters. The molecular weight excluding hydrogens is 341 g/mol. The zero-order valence-corrected chi connectivity index (χ0v) is 14.4. The molecule has 2 aromatic carbocycles. The number of hydrogen-bond acceptors (Lipinski definition) is 2. The topological polar surface area (TPSA) is 23.6 Å². The van der Waals surface area contributed by atoms with Crippen LogP contribution in [-0.2, 0) is 23.9 Å². The molecule has 1 aliphatic heterocycles. The van der Waals surface area contributed by atoms with Gasteiger partial charge < -0.3 is 4.90 Å². The highest BCUT2D eigenvalue weighted by atomic mass is 19.4. The molecule has 1 heterocycles. The van der Waals surface area contributed by atoms with E-state index in [0.29, 0.717) is 13.1 Å². The first-order valence-corrected chi connectivity index (χ1v) is 8.62. The fraction of sp³-hybridized carbons (Fsp3) is 0.350. The van der Waals surface area contributed by atoms with Crippen molar-refractivity contribution < 1.29 is 18.0 Å². The van der Waals surface area contributed by atoms with Gasteiger partial charge in [0.15, 0.2) is 0 Å². The Morgan fingerprint density at radius 2 is 1.50 bits per heavy atom. The number of hydrogen-bond donors (Lipinski definition) is 0. The Kier molecular flexibility index (Phi) is 5.61. The average Bonchev–Trinajstić information content (AvgIpc) is 2.63. The highest BCUT2D eigenvalue weighted by Gasteiger charge is 2.33. The van der Waals surface area contributed by atoms with Gasteiger partial charge in [-0.25, -0.2) is 0 Å². The standard InChI is InChI=1S/C20H21F3N2O/c21-20(22,23)18-9-5-4-8-17(18)14-19(26)25-12-10-24(11-13-25)15-16-6-2-1-3-7-16/h1-9H,10-15H2. The summed E-state index contributed by atoms with van der Waals surface area (Å²) < 4.78 is 39.2. The van der Waals surface area contributed by atoms with E-state index in [1.165, 1.54) is 23.8 Å². The second-order valence-electron chi connectivity index (χ2n) is 6.47. The van der Waals surface area contributed by atoms with Crippen molar-refractivity contribution in [3.05, 3.63) is 71.3 Å². The third kappa shape index (κ3) is 4.64. The first kappa shape index (κ1) is 18.5. The molecule has 1 aliphatic rings. The van der Waals surface area contributed by atoms with Gasteiger partial charge in [-0.05, 0) is 17.2 Å². The molecule has 0 aliphatic carbocycles. The van der Waals surface area contributed by atoms with E-state index in [9.17, 15) is 18.0 Å². The Morgan fingerprint density at radius 3 is 2.15 bits per heavy atom. The predicted octanol–water partition coefficient (Wildman–Crippen LogP) is 3.59. The van der Waals surface area contributed by atoms with Crippen LogP contribution in [0.2, 0.25) is 0 Å². The van der Waals surface area contributed by atoms with Crippen LogP contribution in [0.25, 0.3) is 0 Å². The smallest absolute Gasteiger partial charge is 0.340 e. The van der Waals surface area contributed by atoms with Crippen LogP contribution in [-0.4, -0.2) is 41.9 Å². The summed E-state index contributed by atoms with van der Waals surface area (Å²) in [7, 11) is 0. The van der Waals surface area contributed by atoms with Gasteiger partial charge in [0.25, 0.3) is 0 Å². The highest BCUT2D eigenvalue weighted by Crippen LogP contribution is 2.32. The van der Waals surface area contributed by atoms with Crippen LogP contribution in [0.5, 0.6) is 0 Å².